The van der Waals surface area contributed by atoms with Crippen LogP contribution in [0.2, 0.25) is 5.02 Å². The predicted molar refractivity (Wildman–Crippen MR) is 182 cm³/mol. The van der Waals surface area contributed by atoms with Crippen LogP contribution in [0.5, 0.6) is 5.88 Å². The number of benzene rings is 3. The molecule has 48 heavy (non-hydrogen) atoms. The van der Waals surface area contributed by atoms with Crippen molar-refractivity contribution in [3.8, 4) is 17.0 Å². The van der Waals surface area contributed by atoms with E-state index in [-0.39, 0.29) is 18.5 Å². The Morgan fingerprint density at radius 1 is 1.02 bits per heavy atom. The molecule has 1 unspecified atom stereocenters. The Morgan fingerprint density at radius 3 is 2.71 bits per heavy atom. The summed E-state index contributed by atoms with van der Waals surface area (Å²) in [6.07, 6.45) is 4.19. The zero-order valence-corrected chi connectivity index (χ0v) is 27.1. The maximum Gasteiger partial charge on any atom is 0.214 e. The molecule has 3 aromatic heterocycles. The molecule has 2 aliphatic heterocycles. The van der Waals surface area contributed by atoms with Gasteiger partial charge in [0.15, 0.2) is 5.82 Å². The fourth-order valence-corrected chi connectivity index (χ4v) is 6.58. The van der Waals surface area contributed by atoms with Gasteiger partial charge in [-0.3, -0.25) is 10.00 Å². The van der Waals surface area contributed by atoms with E-state index >= 15 is 0 Å². The number of fused-ring (bicyclic) bond motifs is 2. The minimum absolute atomic E-state index is 0.0663. The molecular formula is C37H33ClF2N6O2. The first-order valence-corrected chi connectivity index (χ1v) is 16.5. The van der Waals surface area contributed by atoms with Crippen LogP contribution in [0.4, 0.5) is 8.78 Å². The first-order valence-electron chi connectivity index (χ1n) is 16.1. The highest BCUT2D eigenvalue weighted by Gasteiger charge is 2.24. The van der Waals surface area contributed by atoms with Crippen LogP contribution in [0.1, 0.15) is 35.6 Å². The van der Waals surface area contributed by atoms with Gasteiger partial charge in [-0.25, -0.2) is 18.7 Å². The fourth-order valence-electron chi connectivity index (χ4n) is 6.43. The summed E-state index contributed by atoms with van der Waals surface area (Å²) in [5, 5.41) is 8.13. The van der Waals surface area contributed by atoms with Crippen LogP contribution in [-0.2, 0) is 24.4 Å². The number of halogens is 3. The Labute approximate surface area is 281 Å². The van der Waals surface area contributed by atoms with E-state index < -0.39 is 5.82 Å². The summed E-state index contributed by atoms with van der Waals surface area (Å²) >= 11 is 5.87. The highest BCUT2D eigenvalue weighted by atomic mass is 35.5. The van der Waals surface area contributed by atoms with Gasteiger partial charge in [0.2, 0.25) is 5.88 Å². The Bertz CT molecular complexity index is 2190. The van der Waals surface area contributed by atoms with Crippen molar-refractivity contribution in [1.29, 1.82) is 0 Å². The monoisotopic (exact) mass is 666 g/mol. The first-order chi connectivity index (χ1) is 23.4. The van der Waals surface area contributed by atoms with Crippen molar-refractivity contribution in [2.45, 2.75) is 45.6 Å². The van der Waals surface area contributed by atoms with Crippen molar-refractivity contribution < 1.29 is 18.3 Å². The zero-order valence-electron chi connectivity index (χ0n) is 26.3. The van der Waals surface area contributed by atoms with Crippen molar-refractivity contribution in [1.82, 2.24) is 29.6 Å². The molecular weight excluding hydrogens is 634 g/mol. The molecule has 244 valence electrons. The van der Waals surface area contributed by atoms with Crippen molar-refractivity contribution in [3.63, 3.8) is 0 Å². The van der Waals surface area contributed by atoms with E-state index in [1.807, 2.05) is 37.3 Å². The van der Waals surface area contributed by atoms with Crippen molar-refractivity contribution >= 4 is 39.1 Å². The zero-order chi connectivity index (χ0) is 32.8. The quantitative estimate of drug-likeness (QED) is 0.169. The van der Waals surface area contributed by atoms with Crippen LogP contribution in [-0.4, -0.2) is 55.4 Å². The Hall–Kier alpha value is -4.64. The largest absolute Gasteiger partial charge is 0.473 e. The number of hydrogen-bond donors (Lipinski definition) is 1. The molecule has 5 heterocycles. The molecule has 0 bridgehead atoms. The van der Waals surface area contributed by atoms with E-state index in [1.54, 1.807) is 24.3 Å². The normalized spacial score (nSPS) is 16.8. The number of hydrogen-bond acceptors (Lipinski definition) is 6. The average Bonchev–Trinajstić information content (AvgIpc) is 3.62. The number of aromatic nitrogens is 5. The molecule has 3 aromatic carbocycles. The minimum atomic E-state index is -0.402. The summed E-state index contributed by atoms with van der Waals surface area (Å²) in [4.78, 5) is 12.1. The van der Waals surface area contributed by atoms with E-state index in [9.17, 15) is 8.78 Å². The van der Waals surface area contributed by atoms with Crippen molar-refractivity contribution in [2.75, 3.05) is 19.7 Å². The van der Waals surface area contributed by atoms with Gasteiger partial charge in [-0.05, 0) is 78.9 Å². The van der Waals surface area contributed by atoms with Crippen molar-refractivity contribution in [3.05, 3.63) is 112 Å². The molecule has 0 saturated carbocycles. The van der Waals surface area contributed by atoms with Crippen LogP contribution in [0.25, 0.3) is 38.6 Å². The second-order valence-electron chi connectivity index (χ2n) is 12.4. The second kappa shape index (κ2) is 12.8. The van der Waals surface area contributed by atoms with Gasteiger partial charge in [-0.1, -0.05) is 35.9 Å². The minimum Gasteiger partial charge on any atom is -0.473 e. The summed E-state index contributed by atoms with van der Waals surface area (Å²) in [7, 11) is 0. The summed E-state index contributed by atoms with van der Waals surface area (Å²) in [6.45, 7) is 5.72. The highest BCUT2D eigenvalue weighted by Crippen LogP contribution is 2.32. The van der Waals surface area contributed by atoms with E-state index in [0.717, 1.165) is 89.4 Å². The standard InChI is InChI=1S/C37H33ClF2N6O2/c1-22-29-15-26(16-31(40)37(29)44-43-22)24-6-8-33-34(17-24)46(19-28-11-14-47-28)35(41-33)20-45-12-9-23(10-13-45)32-3-2-4-36(42-32)48-21-25-5-7-27(38)18-30(25)39/h2-9,15-18,28H,10-14,19-21H2,1H3,(H,43,44). The maximum absolute atomic E-state index is 15.0. The van der Waals surface area contributed by atoms with Crippen LogP contribution in [0, 0.1) is 18.6 Å². The molecule has 0 aliphatic carbocycles. The van der Waals surface area contributed by atoms with Gasteiger partial charge >= 0.3 is 0 Å². The number of nitrogens with zero attached hydrogens (tertiary/aromatic N) is 5. The van der Waals surface area contributed by atoms with Crippen LogP contribution in [0.15, 0.2) is 72.8 Å². The van der Waals surface area contributed by atoms with Gasteiger partial charge in [-0.2, -0.15) is 5.10 Å². The lowest BCUT2D eigenvalue weighted by Gasteiger charge is -2.29. The third kappa shape index (κ3) is 6.07. The maximum atomic E-state index is 15.0. The van der Waals surface area contributed by atoms with Gasteiger partial charge < -0.3 is 14.0 Å². The van der Waals surface area contributed by atoms with E-state index in [1.165, 1.54) is 6.07 Å². The molecule has 1 fully saturated rings. The van der Waals surface area contributed by atoms with Gasteiger partial charge in [0, 0.05) is 47.4 Å². The highest BCUT2D eigenvalue weighted by molar-refractivity contribution is 6.30. The molecule has 1 saturated heterocycles. The topological polar surface area (TPSA) is 81.1 Å². The van der Waals surface area contributed by atoms with Gasteiger partial charge in [0.25, 0.3) is 0 Å². The number of H-pyrrole nitrogens is 1. The number of aromatic amines is 1. The number of nitrogens with one attached hydrogen (secondary N) is 1. The number of ether oxygens (including phenoxy) is 2. The van der Waals surface area contributed by atoms with Crippen LogP contribution in [0.3, 0.4) is 0 Å². The van der Waals surface area contributed by atoms with Gasteiger partial charge in [-0.15, -0.1) is 0 Å². The Kier molecular flexibility index (Phi) is 8.15. The third-order valence-electron chi connectivity index (χ3n) is 9.24. The summed E-state index contributed by atoms with van der Waals surface area (Å²) in [5.74, 6) is 0.675. The average molecular weight is 667 g/mol. The third-order valence-corrected chi connectivity index (χ3v) is 9.48. The number of pyridine rings is 1. The lowest BCUT2D eigenvalue weighted by molar-refractivity contribution is -0.0591. The smallest absolute Gasteiger partial charge is 0.214 e. The lowest BCUT2D eigenvalue weighted by atomic mass is 10.0. The number of imidazole rings is 1. The van der Waals surface area contributed by atoms with Gasteiger partial charge in [0.05, 0.1) is 35.9 Å². The van der Waals surface area contributed by atoms with E-state index in [2.05, 4.69) is 31.8 Å². The predicted octanol–water partition coefficient (Wildman–Crippen LogP) is 7.87. The van der Waals surface area contributed by atoms with Crippen LogP contribution < -0.4 is 4.74 Å². The van der Waals surface area contributed by atoms with E-state index in [0.29, 0.717) is 28.5 Å². The molecule has 0 amide bonds. The fraction of sp³-hybridized carbons (Fsp3) is 0.270. The number of aryl methyl sites for hydroxylation is 1. The Balaban J connectivity index is 1.01. The molecule has 1 N–H and O–H groups in total. The second-order valence-corrected chi connectivity index (χ2v) is 12.9. The summed E-state index contributed by atoms with van der Waals surface area (Å²) in [5.41, 5.74) is 7.25. The van der Waals surface area contributed by atoms with E-state index in [4.69, 9.17) is 31.0 Å². The molecule has 8 nitrogen and oxygen atoms in total. The SMILES string of the molecule is Cc1[nH]nc2c(F)cc(-c3ccc4nc(CN5CC=C(c6cccc(OCc7ccc(Cl)cc7F)n6)CC5)n(CC5CCO5)c4c3)cc12. The van der Waals surface area contributed by atoms with Crippen molar-refractivity contribution in [2.24, 2.45) is 0 Å². The number of rotatable bonds is 9. The first kappa shape index (κ1) is 30.7. The van der Waals surface area contributed by atoms with Crippen LogP contribution >= 0.6 is 11.6 Å². The summed E-state index contributed by atoms with van der Waals surface area (Å²) in [6, 6.07) is 19.9. The molecule has 2 aliphatic rings. The summed E-state index contributed by atoms with van der Waals surface area (Å²) < 4.78 is 43.1. The molecule has 0 spiro atoms. The van der Waals surface area contributed by atoms with Gasteiger partial charge in [0.1, 0.15) is 23.8 Å². The lowest BCUT2D eigenvalue weighted by Crippen LogP contribution is -2.33. The molecule has 6 aromatic rings. The molecule has 8 rings (SSSR count). The molecule has 1 atom stereocenters. The molecule has 0 radical (unpaired) electrons. The molecule has 11 heteroatoms. The Morgan fingerprint density at radius 2 is 1.92 bits per heavy atom.